The van der Waals surface area contributed by atoms with Crippen molar-refractivity contribution in [2.45, 2.75) is 5.92 Å². The minimum absolute atomic E-state index is 0.159. The number of hydrogen-bond donors (Lipinski definition) is 0. The summed E-state index contributed by atoms with van der Waals surface area (Å²) in [5.41, 5.74) is 7.78. The molecule has 0 radical (unpaired) electrons. The highest BCUT2D eigenvalue weighted by Crippen LogP contribution is 2.29. The first kappa shape index (κ1) is 10.9. The summed E-state index contributed by atoms with van der Waals surface area (Å²) in [5.74, 6) is -3.10. The summed E-state index contributed by atoms with van der Waals surface area (Å²) >= 11 is 3.14. The Balaban J connectivity index is 2.91. The van der Waals surface area contributed by atoms with Crippen molar-refractivity contribution in [2.75, 3.05) is 6.54 Å². The Bertz CT molecular complexity index is 357. The lowest BCUT2D eigenvalue weighted by atomic mass is 10.1. The summed E-state index contributed by atoms with van der Waals surface area (Å²) in [4.78, 5) is 2.30. The van der Waals surface area contributed by atoms with E-state index in [-0.39, 0.29) is 5.56 Å². The highest BCUT2D eigenvalue weighted by molar-refractivity contribution is 9.10. The van der Waals surface area contributed by atoms with Crippen molar-refractivity contribution in [1.29, 1.82) is 0 Å². The highest BCUT2D eigenvalue weighted by Gasteiger charge is 2.30. The minimum atomic E-state index is -3.10. The molecule has 74 valence electrons. The van der Waals surface area contributed by atoms with Crippen LogP contribution in [0.1, 0.15) is 5.56 Å². The summed E-state index contributed by atoms with van der Waals surface area (Å²) < 4.78 is 27.1. The van der Waals surface area contributed by atoms with Gasteiger partial charge in [-0.2, -0.15) is 0 Å². The van der Waals surface area contributed by atoms with E-state index in [0.29, 0.717) is 0 Å². The molecule has 0 saturated carbocycles. The Kier molecular flexibility index (Phi) is 3.43. The summed E-state index contributed by atoms with van der Waals surface area (Å²) in [7, 11) is 0. The molecule has 0 aliphatic carbocycles. The van der Waals surface area contributed by atoms with E-state index in [9.17, 15) is 8.78 Å². The van der Waals surface area contributed by atoms with Gasteiger partial charge in [-0.1, -0.05) is 33.2 Å². The molecule has 0 fully saturated rings. The van der Waals surface area contributed by atoms with Gasteiger partial charge in [-0.25, -0.2) is 8.78 Å². The van der Waals surface area contributed by atoms with Crippen molar-refractivity contribution in [3.05, 3.63) is 44.7 Å². The molecule has 0 unspecified atom stereocenters. The molecule has 0 heterocycles. The Morgan fingerprint density at radius 3 is 2.43 bits per heavy atom. The lowest BCUT2D eigenvalue weighted by molar-refractivity contribution is 0.00610. The predicted molar refractivity (Wildman–Crippen MR) is 52.0 cm³/mol. The molecule has 0 bridgehead atoms. The van der Waals surface area contributed by atoms with Crippen molar-refractivity contribution < 1.29 is 8.78 Å². The lowest BCUT2D eigenvalue weighted by Gasteiger charge is -2.13. The van der Waals surface area contributed by atoms with Gasteiger partial charge in [0, 0.05) is 14.9 Å². The number of halogens is 3. The van der Waals surface area contributed by atoms with E-state index in [1.165, 1.54) is 24.3 Å². The first-order valence-corrected chi connectivity index (χ1v) is 4.50. The fourth-order valence-corrected chi connectivity index (χ4v) is 1.17. The van der Waals surface area contributed by atoms with E-state index in [4.69, 9.17) is 5.53 Å². The van der Waals surface area contributed by atoms with E-state index in [1.807, 2.05) is 0 Å². The first-order chi connectivity index (χ1) is 6.56. The molecule has 1 aromatic carbocycles. The molecule has 1 aromatic rings. The van der Waals surface area contributed by atoms with E-state index in [1.54, 1.807) is 0 Å². The van der Waals surface area contributed by atoms with Gasteiger partial charge in [0.1, 0.15) is 0 Å². The minimum Gasteiger partial charge on any atom is -0.201 e. The standard InChI is InChI=1S/C8H6BrF2N3/c9-7-3-1-6(2-4-7)8(10,11)5-13-14-12/h1-4H,5H2. The number of nitrogens with zero attached hydrogens (tertiary/aromatic N) is 3. The molecule has 0 N–H and O–H groups in total. The monoisotopic (exact) mass is 261 g/mol. The fourth-order valence-electron chi connectivity index (χ4n) is 0.905. The molecule has 6 heteroatoms. The van der Waals surface area contributed by atoms with Gasteiger partial charge in [0.15, 0.2) is 0 Å². The van der Waals surface area contributed by atoms with Crippen molar-refractivity contribution in [3.63, 3.8) is 0 Å². The molecular formula is C8H6BrF2N3. The van der Waals surface area contributed by atoms with Gasteiger partial charge in [0.05, 0.1) is 6.54 Å². The smallest absolute Gasteiger partial charge is 0.201 e. The zero-order valence-electron chi connectivity index (χ0n) is 6.99. The van der Waals surface area contributed by atoms with Gasteiger partial charge in [0.25, 0.3) is 5.92 Å². The summed E-state index contributed by atoms with van der Waals surface area (Å²) in [5, 5.41) is 2.86. The molecule has 0 spiro atoms. The average Bonchev–Trinajstić information content (AvgIpc) is 2.16. The van der Waals surface area contributed by atoms with Gasteiger partial charge in [-0.05, 0) is 17.7 Å². The first-order valence-electron chi connectivity index (χ1n) is 3.71. The summed E-state index contributed by atoms with van der Waals surface area (Å²) in [6, 6.07) is 5.60. The number of rotatable bonds is 3. The lowest BCUT2D eigenvalue weighted by Crippen LogP contribution is -2.16. The molecule has 14 heavy (non-hydrogen) atoms. The number of azide groups is 1. The highest BCUT2D eigenvalue weighted by atomic mass is 79.9. The van der Waals surface area contributed by atoms with Gasteiger partial charge in [-0.15, -0.1) is 0 Å². The predicted octanol–water partition coefficient (Wildman–Crippen LogP) is 3.85. The fraction of sp³-hybridized carbons (Fsp3) is 0.250. The third-order valence-electron chi connectivity index (χ3n) is 1.60. The van der Waals surface area contributed by atoms with Crippen LogP contribution in [0.2, 0.25) is 0 Å². The largest absolute Gasteiger partial charge is 0.278 e. The van der Waals surface area contributed by atoms with Gasteiger partial charge >= 0.3 is 0 Å². The van der Waals surface area contributed by atoms with Crippen LogP contribution in [0.25, 0.3) is 10.4 Å². The normalized spacial score (nSPS) is 10.8. The molecule has 1 rings (SSSR count). The van der Waals surface area contributed by atoms with E-state index in [2.05, 4.69) is 26.0 Å². The molecular weight excluding hydrogens is 256 g/mol. The van der Waals surface area contributed by atoms with Crippen LogP contribution in [0.5, 0.6) is 0 Å². The zero-order chi connectivity index (χ0) is 10.6. The Hall–Kier alpha value is -1.13. The maximum absolute atomic E-state index is 13.2. The second kappa shape index (κ2) is 4.39. The summed E-state index contributed by atoms with van der Waals surface area (Å²) in [6.45, 7) is -0.856. The zero-order valence-corrected chi connectivity index (χ0v) is 8.58. The van der Waals surface area contributed by atoms with Crippen LogP contribution >= 0.6 is 15.9 Å². The molecule has 0 saturated heterocycles. The van der Waals surface area contributed by atoms with E-state index < -0.39 is 12.5 Å². The SMILES string of the molecule is [N-]=[N+]=NCC(F)(F)c1ccc(Br)cc1. The van der Waals surface area contributed by atoms with Crippen LogP contribution in [-0.4, -0.2) is 6.54 Å². The van der Waals surface area contributed by atoms with Crippen LogP contribution in [0.4, 0.5) is 8.78 Å². The molecule has 0 aliphatic heterocycles. The number of benzene rings is 1. The summed E-state index contributed by atoms with van der Waals surface area (Å²) in [6.07, 6.45) is 0. The van der Waals surface area contributed by atoms with Crippen molar-refractivity contribution in [3.8, 4) is 0 Å². The quantitative estimate of drug-likeness (QED) is 0.451. The molecule has 0 atom stereocenters. The maximum atomic E-state index is 13.2. The van der Waals surface area contributed by atoms with Gasteiger partial charge < -0.3 is 0 Å². The second-order valence-corrected chi connectivity index (χ2v) is 3.52. The van der Waals surface area contributed by atoms with Crippen LogP contribution in [0.3, 0.4) is 0 Å². The Morgan fingerprint density at radius 2 is 1.93 bits per heavy atom. The molecule has 3 nitrogen and oxygen atoms in total. The third-order valence-corrected chi connectivity index (χ3v) is 2.13. The Labute approximate surface area is 87.5 Å². The Morgan fingerprint density at radius 1 is 1.36 bits per heavy atom. The molecule has 0 aromatic heterocycles. The van der Waals surface area contributed by atoms with Crippen molar-refractivity contribution in [2.24, 2.45) is 5.11 Å². The average molecular weight is 262 g/mol. The van der Waals surface area contributed by atoms with Crippen LogP contribution < -0.4 is 0 Å². The van der Waals surface area contributed by atoms with Crippen LogP contribution in [-0.2, 0) is 5.92 Å². The number of hydrogen-bond acceptors (Lipinski definition) is 1. The third kappa shape index (κ3) is 2.68. The van der Waals surface area contributed by atoms with Crippen LogP contribution in [0.15, 0.2) is 33.9 Å². The maximum Gasteiger partial charge on any atom is 0.278 e. The number of alkyl halides is 2. The van der Waals surface area contributed by atoms with E-state index in [0.717, 1.165) is 4.47 Å². The van der Waals surface area contributed by atoms with Crippen LogP contribution in [0, 0.1) is 0 Å². The van der Waals surface area contributed by atoms with Gasteiger partial charge in [-0.3, -0.25) is 0 Å². The van der Waals surface area contributed by atoms with Crippen molar-refractivity contribution in [1.82, 2.24) is 0 Å². The second-order valence-electron chi connectivity index (χ2n) is 2.60. The van der Waals surface area contributed by atoms with Crippen molar-refractivity contribution >= 4 is 15.9 Å². The topological polar surface area (TPSA) is 48.8 Å². The molecule has 0 aliphatic rings. The molecule has 0 amide bonds. The van der Waals surface area contributed by atoms with E-state index >= 15 is 0 Å². The van der Waals surface area contributed by atoms with Gasteiger partial charge in [0.2, 0.25) is 0 Å².